The Balaban J connectivity index is 2.27. The van der Waals surface area contributed by atoms with E-state index in [1.807, 2.05) is 0 Å². The van der Waals surface area contributed by atoms with Gasteiger partial charge in [-0.1, -0.05) is 12.1 Å². The van der Waals surface area contributed by atoms with E-state index in [1.165, 1.54) is 23.1 Å². The molecule has 0 N–H and O–H groups in total. The number of hydrogen-bond donors (Lipinski definition) is 0. The Morgan fingerprint density at radius 1 is 1.18 bits per heavy atom. The lowest BCUT2D eigenvalue weighted by Gasteiger charge is -2.18. The molecule has 2 aromatic carbocycles. The fourth-order valence-corrected chi connectivity index (χ4v) is 2.42. The summed E-state index contributed by atoms with van der Waals surface area (Å²) in [6, 6.07) is 10.8. The minimum atomic E-state index is -0.436. The maximum Gasteiger partial charge on any atom is 0.248 e. The predicted molar refractivity (Wildman–Crippen MR) is 82.2 cm³/mol. The van der Waals surface area contributed by atoms with Gasteiger partial charge >= 0.3 is 0 Å². The maximum absolute atomic E-state index is 14.1. The first-order chi connectivity index (χ1) is 10.6. The topological polar surface area (TPSA) is 62.1 Å². The first-order valence-corrected chi connectivity index (χ1v) is 6.65. The highest BCUT2D eigenvalue weighted by atomic mass is 19.1. The van der Waals surface area contributed by atoms with Gasteiger partial charge in [-0.3, -0.25) is 9.79 Å². The summed E-state index contributed by atoms with van der Waals surface area (Å²) in [7, 11) is 1.62. The van der Waals surface area contributed by atoms with E-state index in [9.17, 15) is 14.1 Å². The number of rotatable bonds is 2. The molecule has 1 heterocycles. The average molecular weight is 297 g/mol. The molecule has 6 heteroatoms. The Bertz CT molecular complexity index is 802. The molecule has 0 atom stereocenters. The Hall–Kier alpha value is -2.89. The Labute approximate surface area is 126 Å². The predicted octanol–water partition coefficient (Wildman–Crippen LogP) is 3.04. The number of amides is 1. The number of carbonyl (C=O) groups excluding carboxylic acids is 1. The molecule has 0 fully saturated rings. The summed E-state index contributed by atoms with van der Waals surface area (Å²) >= 11 is 0. The van der Waals surface area contributed by atoms with E-state index >= 15 is 0 Å². The van der Waals surface area contributed by atoms with E-state index in [2.05, 4.69) is 10.2 Å². The van der Waals surface area contributed by atoms with Crippen LogP contribution in [0.1, 0.15) is 11.1 Å². The molecule has 0 spiro atoms. The van der Waals surface area contributed by atoms with Crippen molar-refractivity contribution >= 4 is 23.0 Å². The molecule has 0 unspecified atom stereocenters. The highest BCUT2D eigenvalue weighted by molar-refractivity contribution is 6.19. The van der Waals surface area contributed by atoms with Gasteiger partial charge in [-0.2, -0.15) is 0 Å². The van der Waals surface area contributed by atoms with Crippen LogP contribution in [0.15, 0.2) is 52.6 Å². The summed E-state index contributed by atoms with van der Waals surface area (Å²) in [5.41, 5.74) is 1.91. The molecule has 2 aromatic rings. The zero-order valence-corrected chi connectivity index (χ0v) is 11.8. The van der Waals surface area contributed by atoms with Crippen LogP contribution in [0.4, 0.5) is 15.8 Å². The number of carbonyl (C=O) groups is 1. The molecular formula is C16H12FN3O2. The van der Waals surface area contributed by atoms with Crippen molar-refractivity contribution in [3.05, 3.63) is 64.3 Å². The monoisotopic (exact) mass is 297 g/mol. The normalized spacial score (nSPS) is 14.2. The fourth-order valence-electron chi connectivity index (χ4n) is 2.42. The van der Waals surface area contributed by atoms with Crippen LogP contribution in [0.25, 0.3) is 0 Å². The molecule has 22 heavy (non-hydrogen) atoms. The molecular weight excluding hydrogens is 285 g/mol. The zero-order chi connectivity index (χ0) is 15.7. The van der Waals surface area contributed by atoms with Crippen molar-refractivity contribution in [2.45, 2.75) is 0 Å². The Morgan fingerprint density at radius 2 is 1.95 bits per heavy atom. The van der Waals surface area contributed by atoms with Gasteiger partial charge in [0.1, 0.15) is 18.0 Å². The van der Waals surface area contributed by atoms with E-state index in [1.54, 1.807) is 31.3 Å². The van der Waals surface area contributed by atoms with Gasteiger partial charge < -0.3 is 4.90 Å². The summed E-state index contributed by atoms with van der Waals surface area (Å²) in [6.07, 6.45) is 0. The SMILES string of the molecule is CN1C(=O)CN=C(c2ccccc2F)c2cc(N=O)ccc21. The lowest BCUT2D eigenvalue weighted by Crippen LogP contribution is -2.27. The second-order valence-corrected chi connectivity index (χ2v) is 4.89. The third-order valence-corrected chi connectivity index (χ3v) is 3.58. The molecule has 1 aliphatic rings. The lowest BCUT2D eigenvalue weighted by atomic mass is 9.99. The number of aliphatic imine (C=N–C) groups is 1. The molecule has 0 bridgehead atoms. The first kappa shape index (κ1) is 14.1. The largest absolute Gasteiger partial charge is 0.313 e. The molecule has 0 aromatic heterocycles. The third kappa shape index (κ3) is 2.28. The van der Waals surface area contributed by atoms with Crippen molar-refractivity contribution in [2.75, 3.05) is 18.5 Å². The summed E-state index contributed by atoms with van der Waals surface area (Å²) in [5, 5.41) is 2.90. The van der Waals surface area contributed by atoms with Crippen LogP contribution in [0.5, 0.6) is 0 Å². The van der Waals surface area contributed by atoms with Gasteiger partial charge in [0.25, 0.3) is 0 Å². The van der Waals surface area contributed by atoms with Gasteiger partial charge in [0.05, 0.1) is 11.4 Å². The maximum atomic E-state index is 14.1. The van der Waals surface area contributed by atoms with E-state index < -0.39 is 5.82 Å². The number of nitroso groups, excluding NO2 is 1. The van der Waals surface area contributed by atoms with Gasteiger partial charge in [0, 0.05) is 18.2 Å². The van der Waals surface area contributed by atoms with Crippen LogP contribution >= 0.6 is 0 Å². The smallest absolute Gasteiger partial charge is 0.248 e. The van der Waals surface area contributed by atoms with Gasteiger partial charge in [-0.05, 0) is 35.5 Å². The highest BCUT2D eigenvalue weighted by Crippen LogP contribution is 2.30. The molecule has 5 nitrogen and oxygen atoms in total. The minimum Gasteiger partial charge on any atom is -0.313 e. The van der Waals surface area contributed by atoms with Gasteiger partial charge in [-0.25, -0.2) is 4.39 Å². The number of anilines is 1. The van der Waals surface area contributed by atoms with E-state index in [0.29, 0.717) is 17.0 Å². The summed E-state index contributed by atoms with van der Waals surface area (Å²) in [6.45, 7) is -0.0846. The number of fused-ring (bicyclic) bond motifs is 1. The second kappa shape index (κ2) is 5.48. The molecule has 0 saturated carbocycles. The zero-order valence-electron chi connectivity index (χ0n) is 11.8. The molecule has 0 saturated heterocycles. The fraction of sp³-hybridized carbons (Fsp3) is 0.125. The van der Waals surface area contributed by atoms with Crippen LogP contribution < -0.4 is 4.90 Å². The number of likely N-dealkylation sites (N-methyl/N-ethyl adjacent to an activating group) is 1. The minimum absolute atomic E-state index is 0.0846. The molecule has 1 amide bonds. The van der Waals surface area contributed by atoms with Crippen LogP contribution in [0.3, 0.4) is 0 Å². The molecule has 0 radical (unpaired) electrons. The van der Waals surface area contributed by atoms with Gasteiger partial charge in [0.2, 0.25) is 5.91 Å². The molecule has 110 valence electrons. The van der Waals surface area contributed by atoms with Crippen molar-refractivity contribution in [1.29, 1.82) is 0 Å². The summed E-state index contributed by atoms with van der Waals surface area (Å²) in [5.74, 6) is -0.645. The molecule has 0 aliphatic carbocycles. The summed E-state index contributed by atoms with van der Waals surface area (Å²) in [4.78, 5) is 28.5. The Kier molecular flexibility index (Phi) is 3.50. The van der Waals surface area contributed by atoms with Crippen LogP contribution in [-0.4, -0.2) is 25.2 Å². The van der Waals surface area contributed by atoms with Gasteiger partial charge in [-0.15, -0.1) is 4.91 Å². The second-order valence-electron chi connectivity index (χ2n) is 4.89. The van der Waals surface area contributed by atoms with Gasteiger partial charge in [0.15, 0.2) is 0 Å². The first-order valence-electron chi connectivity index (χ1n) is 6.65. The van der Waals surface area contributed by atoms with E-state index in [4.69, 9.17) is 0 Å². The van der Waals surface area contributed by atoms with Crippen LogP contribution in [0, 0.1) is 10.7 Å². The number of halogens is 1. The average Bonchev–Trinajstić information content (AvgIpc) is 2.66. The van der Waals surface area contributed by atoms with Crippen LogP contribution in [0.2, 0.25) is 0 Å². The van der Waals surface area contributed by atoms with Crippen molar-refractivity contribution in [3.8, 4) is 0 Å². The van der Waals surface area contributed by atoms with Crippen molar-refractivity contribution in [1.82, 2.24) is 0 Å². The number of nitrogens with zero attached hydrogens (tertiary/aromatic N) is 3. The van der Waals surface area contributed by atoms with Crippen LogP contribution in [-0.2, 0) is 4.79 Å². The third-order valence-electron chi connectivity index (χ3n) is 3.58. The number of benzodiazepines with no additional fused rings is 1. The van der Waals surface area contributed by atoms with E-state index in [-0.39, 0.29) is 23.7 Å². The lowest BCUT2D eigenvalue weighted by molar-refractivity contribution is -0.116. The number of hydrogen-bond acceptors (Lipinski definition) is 4. The van der Waals surface area contributed by atoms with Crippen molar-refractivity contribution < 1.29 is 9.18 Å². The molecule has 3 rings (SSSR count). The quantitative estimate of drug-likeness (QED) is 0.800. The number of benzene rings is 2. The summed E-state index contributed by atoms with van der Waals surface area (Å²) < 4.78 is 14.1. The van der Waals surface area contributed by atoms with Crippen molar-refractivity contribution in [3.63, 3.8) is 0 Å². The highest BCUT2D eigenvalue weighted by Gasteiger charge is 2.24. The Morgan fingerprint density at radius 3 is 2.68 bits per heavy atom. The standard InChI is InChI=1S/C16H12FN3O2/c1-20-14-7-6-10(19-22)8-12(14)16(18-9-15(20)21)11-4-2-3-5-13(11)17/h2-8H,9H2,1H3. The van der Waals surface area contributed by atoms with Crippen molar-refractivity contribution in [2.24, 2.45) is 10.2 Å². The molecule has 1 aliphatic heterocycles. The van der Waals surface area contributed by atoms with E-state index in [0.717, 1.165) is 0 Å².